The Kier molecular flexibility index (Phi) is 7.81. The van der Waals surface area contributed by atoms with E-state index in [1.54, 1.807) is 0 Å². The molecule has 0 saturated heterocycles. The molecule has 3 heteroatoms. The van der Waals surface area contributed by atoms with Crippen LogP contribution in [0.15, 0.2) is 158 Å². The Labute approximate surface area is 344 Å². The minimum atomic E-state index is -0.191. The second-order valence-electron chi connectivity index (χ2n) is 17.3. The summed E-state index contributed by atoms with van der Waals surface area (Å²) in [6, 6.07) is 59.3. The first-order valence-corrected chi connectivity index (χ1v) is 21.6. The van der Waals surface area contributed by atoms with Gasteiger partial charge in [0.05, 0.1) is 22.7 Å². The van der Waals surface area contributed by atoms with E-state index >= 15 is 0 Å². The predicted molar refractivity (Wildman–Crippen MR) is 253 cm³/mol. The van der Waals surface area contributed by atoms with Crippen molar-refractivity contribution in [2.45, 2.75) is 58.8 Å². The van der Waals surface area contributed by atoms with Crippen molar-refractivity contribution in [2.75, 3.05) is 9.80 Å². The summed E-state index contributed by atoms with van der Waals surface area (Å²) in [4.78, 5) is 5.07. The first kappa shape index (κ1) is 35.0. The summed E-state index contributed by atoms with van der Waals surface area (Å²) >= 11 is 1.90. The molecule has 1 aromatic heterocycles. The lowest BCUT2D eigenvalue weighted by atomic mass is 9.73. The molecule has 9 aromatic carbocycles. The summed E-state index contributed by atoms with van der Waals surface area (Å²) in [5, 5.41) is 10.7. The molecule has 1 aliphatic heterocycles. The van der Waals surface area contributed by atoms with Crippen LogP contribution in [0.1, 0.15) is 75.6 Å². The SMILES string of the molecule is CC(C)c1cc2ccc(N3c4ccccc4C(C)(C)c4cc5c(cc43)sc3ccccc35)c3c(C(C)C)cc4ccc(N(c5ccccc5)c5ccccc5)c1c4c23. The molecule has 58 heavy (non-hydrogen) atoms. The normalized spacial score (nSPS) is 13.8. The van der Waals surface area contributed by atoms with Gasteiger partial charge < -0.3 is 9.80 Å². The van der Waals surface area contributed by atoms with E-state index < -0.39 is 0 Å². The molecule has 2 heterocycles. The third kappa shape index (κ3) is 5.02. The van der Waals surface area contributed by atoms with Crippen LogP contribution in [0.25, 0.3) is 52.5 Å². The van der Waals surface area contributed by atoms with Gasteiger partial charge in [0, 0.05) is 47.7 Å². The van der Waals surface area contributed by atoms with Gasteiger partial charge in [-0.15, -0.1) is 11.3 Å². The van der Waals surface area contributed by atoms with E-state index in [-0.39, 0.29) is 5.41 Å². The average molecular weight is 767 g/mol. The van der Waals surface area contributed by atoms with Gasteiger partial charge in [-0.05, 0) is 116 Å². The van der Waals surface area contributed by atoms with Crippen LogP contribution in [0.5, 0.6) is 0 Å². The summed E-state index contributed by atoms with van der Waals surface area (Å²) in [7, 11) is 0. The van der Waals surface area contributed by atoms with E-state index in [1.165, 1.54) is 97.5 Å². The van der Waals surface area contributed by atoms with Crippen molar-refractivity contribution in [1.82, 2.24) is 0 Å². The maximum absolute atomic E-state index is 2.61. The van der Waals surface area contributed by atoms with Gasteiger partial charge in [-0.25, -0.2) is 0 Å². The molecular weight excluding hydrogens is 721 g/mol. The maximum Gasteiger partial charge on any atom is 0.0543 e. The lowest BCUT2D eigenvalue weighted by molar-refractivity contribution is 0.633. The van der Waals surface area contributed by atoms with E-state index in [9.17, 15) is 0 Å². The monoisotopic (exact) mass is 766 g/mol. The Morgan fingerprint density at radius 1 is 0.466 bits per heavy atom. The number of benzene rings is 9. The second-order valence-corrected chi connectivity index (χ2v) is 18.4. The molecule has 1 aliphatic rings. The van der Waals surface area contributed by atoms with E-state index in [1.807, 2.05) is 11.3 Å². The Morgan fingerprint density at radius 2 is 1.05 bits per heavy atom. The van der Waals surface area contributed by atoms with E-state index in [0.29, 0.717) is 11.8 Å². The summed E-state index contributed by atoms with van der Waals surface area (Å²) in [5.41, 5.74) is 12.6. The molecule has 0 radical (unpaired) electrons. The molecule has 282 valence electrons. The lowest BCUT2D eigenvalue weighted by Gasteiger charge is -2.42. The Hall–Kier alpha value is -6.16. The molecular formula is C55H46N2S. The fourth-order valence-corrected chi connectivity index (χ4v) is 11.2. The molecule has 0 spiro atoms. The molecule has 0 bridgehead atoms. The van der Waals surface area contributed by atoms with Crippen LogP contribution >= 0.6 is 11.3 Å². The minimum Gasteiger partial charge on any atom is -0.310 e. The highest BCUT2D eigenvalue weighted by Crippen LogP contribution is 2.57. The van der Waals surface area contributed by atoms with E-state index in [2.05, 4.69) is 209 Å². The third-order valence-corrected chi connectivity index (χ3v) is 14.0. The molecule has 0 fully saturated rings. The Balaban J connectivity index is 1.27. The number of fused-ring (bicyclic) bond motifs is 5. The first-order chi connectivity index (χ1) is 28.2. The summed E-state index contributed by atoms with van der Waals surface area (Å²) in [6.07, 6.45) is 0. The highest BCUT2D eigenvalue weighted by atomic mass is 32.1. The number of thiophene rings is 1. The topological polar surface area (TPSA) is 6.48 Å². The zero-order chi connectivity index (χ0) is 39.4. The van der Waals surface area contributed by atoms with Crippen LogP contribution in [-0.4, -0.2) is 0 Å². The molecule has 0 aliphatic carbocycles. The molecule has 2 nitrogen and oxygen atoms in total. The number of anilines is 6. The van der Waals surface area contributed by atoms with Crippen molar-refractivity contribution in [3.8, 4) is 0 Å². The smallest absolute Gasteiger partial charge is 0.0543 e. The van der Waals surface area contributed by atoms with Gasteiger partial charge in [-0.1, -0.05) is 139 Å². The number of hydrogen-bond acceptors (Lipinski definition) is 3. The third-order valence-electron chi connectivity index (χ3n) is 12.9. The van der Waals surface area contributed by atoms with Gasteiger partial charge in [0.2, 0.25) is 0 Å². The Morgan fingerprint density at radius 3 is 1.74 bits per heavy atom. The summed E-state index contributed by atoms with van der Waals surface area (Å²) in [5.74, 6) is 0.625. The molecule has 0 unspecified atom stereocenters. The van der Waals surface area contributed by atoms with Gasteiger partial charge in [0.25, 0.3) is 0 Å². The molecule has 0 N–H and O–H groups in total. The first-order valence-electron chi connectivity index (χ1n) is 20.7. The molecule has 0 amide bonds. The zero-order valence-electron chi connectivity index (χ0n) is 34.0. The Bertz CT molecular complexity index is 3170. The van der Waals surface area contributed by atoms with Crippen LogP contribution in [0, 0.1) is 0 Å². The second kappa shape index (κ2) is 12.9. The quantitative estimate of drug-likeness (QED) is 0.156. The number of nitrogens with zero attached hydrogens (tertiary/aromatic N) is 2. The van der Waals surface area contributed by atoms with Crippen molar-refractivity contribution >= 4 is 98.0 Å². The van der Waals surface area contributed by atoms with Crippen LogP contribution in [-0.2, 0) is 5.41 Å². The van der Waals surface area contributed by atoms with Gasteiger partial charge in [0.1, 0.15) is 0 Å². The number of hydrogen-bond donors (Lipinski definition) is 0. The summed E-state index contributed by atoms with van der Waals surface area (Å²) in [6.45, 7) is 14.2. The van der Waals surface area contributed by atoms with Gasteiger partial charge in [0.15, 0.2) is 0 Å². The fraction of sp³-hybridized carbons (Fsp3) is 0.164. The van der Waals surface area contributed by atoms with Gasteiger partial charge in [-0.3, -0.25) is 0 Å². The lowest BCUT2D eigenvalue weighted by Crippen LogP contribution is -2.30. The van der Waals surface area contributed by atoms with Crippen molar-refractivity contribution in [1.29, 1.82) is 0 Å². The van der Waals surface area contributed by atoms with Crippen LogP contribution in [0.2, 0.25) is 0 Å². The van der Waals surface area contributed by atoms with Crippen molar-refractivity contribution in [3.63, 3.8) is 0 Å². The van der Waals surface area contributed by atoms with E-state index in [4.69, 9.17) is 0 Å². The molecule has 11 rings (SSSR count). The minimum absolute atomic E-state index is 0.191. The maximum atomic E-state index is 2.61. The van der Waals surface area contributed by atoms with Gasteiger partial charge >= 0.3 is 0 Å². The highest BCUT2D eigenvalue weighted by Gasteiger charge is 2.38. The van der Waals surface area contributed by atoms with Crippen molar-refractivity contribution in [2.24, 2.45) is 0 Å². The fourth-order valence-electron chi connectivity index (χ4n) is 10.1. The zero-order valence-corrected chi connectivity index (χ0v) is 34.8. The average Bonchev–Trinajstić information content (AvgIpc) is 3.61. The predicted octanol–water partition coefficient (Wildman–Crippen LogP) is 16.8. The van der Waals surface area contributed by atoms with Gasteiger partial charge in [-0.2, -0.15) is 0 Å². The van der Waals surface area contributed by atoms with Crippen LogP contribution < -0.4 is 9.80 Å². The standard InChI is InChI=1S/C55H46N2S/c1-33(2)40-29-36-26-28-47(57-45-23-15-14-22-43(45)55(5,6)44-31-42-39-21-13-16-24-49(39)58-50(42)32-48(44)57)54-41(34(3)4)30-35-25-27-46(53(40)51(35)52(36)54)56(37-17-9-7-10-18-37)38-19-11-8-12-20-38/h7-34H,1-6H3. The largest absolute Gasteiger partial charge is 0.310 e. The van der Waals surface area contributed by atoms with Crippen molar-refractivity contribution in [3.05, 3.63) is 180 Å². The van der Waals surface area contributed by atoms with Crippen LogP contribution in [0.4, 0.5) is 34.1 Å². The highest BCUT2D eigenvalue weighted by molar-refractivity contribution is 7.25. The summed E-state index contributed by atoms with van der Waals surface area (Å²) < 4.78 is 2.67. The van der Waals surface area contributed by atoms with Crippen molar-refractivity contribution < 1.29 is 0 Å². The number of para-hydroxylation sites is 3. The van der Waals surface area contributed by atoms with Crippen LogP contribution in [0.3, 0.4) is 0 Å². The molecule has 0 saturated carbocycles. The number of rotatable bonds is 6. The van der Waals surface area contributed by atoms with E-state index in [0.717, 1.165) is 11.4 Å². The molecule has 10 aromatic rings. The molecule has 0 atom stereocenters.